The lowest BCUT2D eigenvalue weighted by Crippen LogP contribution is -2.42. The number of hydrogen-bond donors (Lipinski definition) is 0. The Morgan fingerprint density at radius 3 is 2.83 bits per heavy atom. The molecule has 0 saturated carbocycles. The number of hydrogen-bond acceptors (Lipinski definition) is 4. The molecule has 0 spiro atoms. The Balaban J connectivity index is 1.66. The summed E-state index contributed by atoms with van der Waals surface area (Å²) in [5, 5.41) is 3.79. The maximum atomic E-state index is 12.6. The van der Waals surface area contributed by atoms with Gasteiger partial charge in [-0.2, -0.15) is 0 Å². The van der Waals surface area contributed by atoms with Crippen molar-refractivity contribution < 1.29 is 9.32 Å². The number of rotatable bonds is 3. The average molecular weight is 334 g/mol. The van der Waals surface area contributed by atoms with Crippen LogP contribution in [0.4, 0.5) is 0 Å². The van der Waals surface area contributed by atoms with Gasteiger partial charge in [0, 0.05) is 38.3 Å². The molecule has 1 aliphatic heterocycles. The van der Waals surface area contributed by atoms with E-state index in [1.54, 1.807) is 0 Å². The molecule has 1 atom stereocenters. The first kappa shape index (κ1) is 16.0. The van der Waals surface area contributed by atoms with Crippen molar-refractivity contribution in [3.63, 3.8) is 0 Å². The molecule has 1 fully saturated rings. The maximum absolute atomic E-state index is 12.6. The highest BCUT2D eigenvalue weighted by Gasteiger charge is 2.28. The summed E-state index contributed by atoms with van der Waals surface area (Å²) < 4.78 is 5.00. The molecule has 1 aromatic heterocycles. The first-order valence-corrected chi connectivity index (χ1v) is 8.21. The van der Waals surface area contributed by atoms with E-state index in [0.29, 0.717) is 6.54 Å². The van der Waals surface area contributed by atoms with Crippen molar-refractivity contribution >= 4 is 17.5 Å². The van der Waals surface area contributed by atoms with Gasteiger partial charge in [-0.15, -0.1) is 0 Å². The maximum Gasteiger partial charge on any atom is 0.292 e. The molecular formula is C17H20ClN3O2. The standard InChI is InChI=1S/C17H20ClN3O2/c1-13-11-20(12-14-6-3-2-4-7-14)8-5-9-21(13)17(22)15-10-16(18)19-23-15/h2-4,6-7,10,13H,5,8-9,11-12H2,1H3. The summed E-state index contributed by atoms with van der Waals surface area (Å²) in [6, 6.07) is 12.0. The minimum absolute atomic E-state index is 0.109. The number of carbonyl (C=O) groups is 1. The molecule has 1 unspecified atom stereocenters. The Kier molecular flexibility index (Phi) is 4.98. The third kappa shape index (κ3) is 3.92. The van der Waals surface area contributed by atoms with E-state index >= 15 is 0 Å². The fourth-order valence-corrected chi connectivity index (χ4v) is 3.17. The normalized spacial score (nSPS) is 19.6. The molecule has 0 bridgehead atoms. The van der Waals surface area contributed by atoms with Crippen molar-refractivity contribution in [1.82, 2.24) is 15.0 Å². The SMILES string of the molecule is CC1CN(Cc2ccccc2)CCCN1C(=O)c1cc(Cl)no1. The highest BCUT2D eigenvalue weighted by Crippen LogP contribution is 2.18. The largest absolute Gasteiger partial charge is 0.349 e. The molecule has 1 aromatic carbocycles. The van der Waals surface area contributed by atoms with Gasteiger partial charge in [0.15, 0.2) is 5.15 Å². The minimum atomic E-state index is -0.140. The molecule has 2 aromatic rings. The molecule has 0 aliphatic carbocycles. The first-order chi connectivity index (χ1) is 11.1. The third-order valence-corrected chi connectivity index (χ3v) is 4.31. The Morgan fingerprint density at radius 1 is 1.35 bits per heavy atom. The summed E-state index contributed by atoms with van der Waals surface area (Å²) in [5.41, 5.74) is 1.29. The van der Waals surface area contributed by atoms with Gasteiger partial charge in [-0.25, -0.2) is 0 Å². The number of carbonyl (C=O) groups excluding carboxylic acids is 1. The second-order valence-corrected chi connectivity index (χ2v) is 6.32. The van der Waals surface area contributed by atoms with E-state index in [-0.39, 0.29) is 22.9 Å². The van der Waals surface area contributed by atoms with E-state index in [1.165, 1.54) is 11.6 Å². The predicted octanol–water partition coefficient (Wildman–Crippen LogP) is 3.06. The highest BCUT2D eigenvalue weighted by atomic mass is 35.5. The Bertz CT molecular complexity index is 659. The van der Waals surface area contributed by atoms with Gasteiger partial charge in [0.2, 0.25) is 5.76 Å². The van der Waals surface area contributed by atoms with Crippen LogP contribution < -0.4 is 0 Å². The number of nitrogens with zero attached hydrogens (tertiary/aromatic N) is 3. The van der Waals surface area contributed by atoms with Crippen LogP contribution in [0.2, 0.25) is 5.15 Å². The van der Waals surface area contributed by atoms with Crippen LogP contribution in [0.25, 0.3) is 0 Å². The lowest BCUT2D eigenvalue weighted by atomic mass is 10.2. The van der Waals surface area contributed by atoms with Gasteiger partial charge in [-0.1, -0.05) is 47.1 Å². The van der Waals surface area contributed by atoms with Crippen LogP contribution in [0, 0.1) is 0 Å². The van der Waals surface area contributed by atoms with Crippen LogP contribution >= 0.6 is 11.6 Å². The van der Waals surface area contributed by atoms with Crippen LogP contribution in [0.1, 0.15) is 29.5 Å². The van der Waals surface area contributed by atoms with Gasteiger partial charge in [-0.05, 0) is 18.9 Å². The predicted molar refractivity (Wildman–Crippen MR) is 88.3 cm³/mol. The summed E-state index contributed by atoms with van der Waals surface area (Å²) >= 11 is 5.74. The Morgan fingerprint density at radius 2 is 2.13 bits per heavy atom. The van der Waals surface area contributed by atoms with E-state index in [0.717, 1.165) is 26.1 Å². The monoisotopic (exact) mass is 333 g/mol. The zero-order chi connectivity index (χ0) is 16.2. The zero-order valence-electron chi connectivity index (χ0n) is 13.1. The topological polar surface area (TPSA) is 49.6 Å². The Labute approximate surface area is 140 Å². The lowest BCUT2D eigenvalue weighted by molar-refractivity contribution is 0.0649. The van der Waals surface area contributed by atoms with E-state index in [1.807, 2.05) is 11.0 Å². The molecule has 3 rings (SSSR count). The summed E-state index contributed by atoms with van der Waals surface area (Å²) in [6.07, 6.45) is 0.935. The average Bonchev–Trinajstić information content (AvgIpc) is 2.89. The van der Waals surface area contributed by atoms with Crippen molar-refractivity contribution in [3.05, 3.63) is 52.9 Å². The fraction of sp³-hybridized carbons (Fsp3) is 0.412. The van der Waals surface area contributed by atoms with Gasteiger partial charge in [0.25, 0.3) is 5.91 Å². The third-order valence-electron chi connectivity index (χ3n) is 4.13. The van der Waals surface area contributed by atoms with Crippen LogP contribution in [0.15, 0.2) is 40.9 Å². The van der Waals surface area contributed by atoms with Crippen molar-refractivity contribution in [2.24, 2.45) is 0 Å². The van der Waals surface area contributed by atoms with Crippen molar-refractivity contribution in [3.8, 4) is 0 Å². The van der Waals surface area contributed by atoms with E-state index in [9.17, 15) is 4.79 Å². The van der Waals surface area contributed by atoms with E-state index < -0.39 is 0 Å². The summed E-state index contributed by atoms with van der Waals surface area (Å²) in [5.74, 6) is 0.0665. The van der Waals surface area contributed by atoms with Gasteiger partial charge in [-0.3, -0.25) is 9.69 Å². The molecule has 0 radical (unpaired) electrons. The first-order valence-electron chi connectivity index (χ1n) is 7.83. The second kappa shape index (κ2) is 7.15. The van der Waals surface area contributed by atoms with Gasteiger partial charge in [0.1, 0.15) is 0 Å². The molecule has 122 valence electrons. The molecule has 1 amide bonds. The lowest BCUT2D eigenvalue weighted by Gasteiger charge is -2.28. The summed E-state index contributed by atoms with van der Waals surface area (Å²) in [6.45, 7) is 5.49. The van der Waals surface area contributed by atoms with Crippen molar-refractivity contribution in [2.45, 2.75) is 25.9 Å². The molecule has 23 heavy (non-hydrogen) atoms. The number of benzene rings is 1. The number of halogens is 1. The minimum Gasteiger partial charge on any atom is -0.349 e. The van der Waals surface area contributed by atoms with Crippen LogP contribution in [-0.4, -0.2) is 46.5 Å². The smallest absolute Gasteiger partial charge is 0.292 e. The van der Waals surface area contributed by atoms with E-state index in [4.69, 9.17) is 16.1 Å². The number of amides is 1. The second-order valence-electron chi connectivity index (χ2n) is 5.94. The van der Waals surface area contributed by atoms with Gasteiger partial charge >= 0.3 is 0 Å². The van der Waals surface area contributed by atoms with Crippen molar-refractivity contribution in [1.29, 1.82) is 0 Å². The molecule has 2 heterocycles. The van der Waals surface area contributed by atoms with Crippen molar-refractivity contribution in [2.75, 3.05) is 19.6 Å². The molecule has 0 N–H and O–H groups in total. The Hall–Kier alpha value is -1.85. The molecule has 6 heteroatoms. The molecule has 1 saturated heterocycles. The number of aromatic nitrogens is 1. The van der Waals surface area contributed by atoms with Gasteiger partial charge in [0.05, 0.1) is 0 Å². The highest BCUT2D eigenvalue weighted by molar-refractivity contribution is 6.29. The molecular weight excluding hydrogens is 314 g/mol. The molecule has 5 nitrogen and oxygen atoms in total. The zero-order valence-corrected chi connectivity index (χ0v) is 13.9. The quantitative estimate of drug-likeness (QED) is 0.866. The fourth-order valence-electron chi connectivity index (χ4n) is 3.03. The molecule has 1 aliphatic rings. The van der Waals surface area contributed by atoms with Crippen LogP contribution in [0.3, 0.4) is 0 Å². The summed E-state index contributed by atoms with van der Waals surface area (Å²) in [4.78, 5) is 16.8. The van der Waals surface area contributed by atoms with Gasteiger partial charge < -0.3 is 9.42 Å². The van der Waals surface area contributed by atoms with Crippen LogP contribution in [0.5, 0.6) is 0 Å². The van der Waals surface area contributed by atoms with Crippen LogP contribution in [-0.2, 0) is 6.54 Å². The van der Waals surface area contributed by atoms with E-state index in [2.05, 4.69) is 41.2 Å². The summed E-state index contributed by atoms with van der Waals surface area (Å²) in [7, 11) is 0.